The summed E-state index contributed by atoms with van der Waals surface area (Å²) in [7, 11) is 0. The van der Waals surface area contributed by atoms with Gasteiger partial charge >= 0.3 is 0 Å². The molecule has 0 aromatic heterocycles. The SMILES string of the molecule is Cc1cc(Cl)ccc1NC(=O)COc1ccc(-c2ccccc2)cc1Cl. The van der Waals surface area contributed by atoms with Gasteiger partial charge < -0.3 is 10.1 Å². The van der Waals surface area contributed by atoms with Crippen molar-refractivity contribution in [3.63, 3.8) is 0 Å². The summed E-state index contributed by atoms with van der Waals surface area (Å²) < 4.78 is 5.56. The molecule has 0 unspecified atom stereocenters. The lowest BCUT2D eigenvalue weighted by Gasteiger charge is -2.11. The number of hydrogen-bond donors (Lipinski definition) is 1. The average Bonchev–Trinajstić information content (AvgIpc) is 2.64. The monoisotopic (exact) mass is 385 g/mol. The molecule has 0 aliphatic carbocycles. The van der Waals surface area contributed by atoms with E-state index in [2.05, 4.69) is 5.32 Å². The molecule has 0 spiro atoms. The number of halogens is 2. The summed E-state index contributed by atoms with van der Waals surface area (Å²) in [6.45, 7) is 1.74. The summed E-state index contributed by atoms with van der Waals surface area (Å²) in [5.74, 6) is 0.202. The summed E-state index contributed by atoms with van der Waals surface area (Å²) in [6, 6.07) is 20.7. The zero-order valence-corrected chi connectivity index (χ0v) is 15.6. The van der Waals surface area contributed by atoms with Crippen molar-refractivity contribution in [2.24, 2.45) is 0 Å². The molecule has 0 heterocycles. The van der Waals surface area contributed by atoms with Crippen molar-refractivity contribution in [3.8, 4) is 16.9 Å². The summed E-state index contributed by atoms with van der Waals surface area (Å²) in [6.07, 6.45) is 0. The molecule has 3 aromatic rings. The third-order valence-corrected chi connectivity index (χ3v) is 4.39. The number of rotatable bonds is 5. The van der Waals surface area contributed by atoms with Gasteiger partial charge in [-0.05, 0) is 53.9 Å². The number of aryl methyl sites for hydroxylation is 1. The van der Waals surface area contributed by atoms with E-state index in [9.17, 15) is 4.79 Å². The van der Waals surface area contributed by atoms with Crippen LogP contribution in [-0.4, -0.2) is 12.5 Å². The van der Waals surface area contributed by atoms with Crippen LogP contribution in [-0.2, 0) is 4.79 Å². The van der Waals surface area contributed by atoms with Crippen LogP contribution in [0.4, 0.5) is 5.69 Å². The predicted octanol–water partition coefficient (Wildman–Crippen LogP) is 5.99. The molecule has 0 saturated heterocycles. The van der Waals surface area contributed by atoms with Gasteiger partial charge in [-0.25, -0.2) is 0 Å². The van der Waals surface area contributed by atoms with Crippen molar-refractivity contribution in [3.05, 3.63) is 82.3 Å². The maximum absolute atomic E-state index is 12.1. The van der Waals surface area contributed by atoms with E-state index in [1.165, 1.54) is 0 Å². The molecule has 3 rings (SSSR count). The minimum Gasteiger partial charge on any atom is -0.482 e. The number of hydrogen-bond acceptors (Lipinski definition) is 2. The molecule has 5 heteroatoms. The number of nitrogens with one attached hydrogen (secondary N) is 1. The zero-order chi connectivity index (χ0) is 18.5. The summed E-state index contributed by atoms with van der Waals surface area (Å²) in [5, 5.41) is 3.89. The van der Waals surface area contributed by atoms with Crippen molar-refractivity contribution in [2.45, 2.75) is 6.92 Å². The van der Waals surface area contributed by atoms with Gasteiger partial charge in [0.2, 0.25) is 0 Å². The van der Waals surface area contributed by atoms with Gasteiger partial charge in [0.15, 0.2) is 6.61 Å². The van der Waals surface area contributed by atoms with Gasteiger partial charge in [0.25, 0.3) is 5.91 Å². The second kappa shape index (κ2) is 8.26. The number of carbonyl (C=O) groups is 1. The Morgan fingerprint density at radius 3 is 2.42 bits per heavy atom. The molecule has 1 amide bonds. The first-order valence-electron chi connectivity index (χ1n) is 8.07. The van der Waals surface area contributed by atoms with Crippen molar-refractivity contribution >= 4 is 34.8 Å². The summed E-state index contributed by atoms with van der Waals surface area (Å²) in [5.41, 5.74) is 3.64. The maximum atomic E-state index is 12.1. The number of ether oxygens (including phenoxy) is 1. The Morgan fingerprint density at radius 1 is 0.962 bits per heavy atom. The lowest BCUT2D eigenvalue weighted by atomic mass is 10.1. The quantitative estimate of drug-likeness (QED) is 0.585. The maximum Gasteiger partial charge on any atom is 0.262 e. The molecule has 3 aromatic carbocycles. The zero-order valence-electron chi connectivity index (χ0n) is 14.1. The van der Waals surface area contributed by atoms with Crippen LogP contribution < -0.4 is 10.1 Å². The molecule has 132 valence electrons. The molecule has 0 fully saturated rings. The fourth-order valence-electron chi connectivity index (χ4n) is 2.52. The third-order valence-electron chi connectivity index (χ3n) is 3.86. The predicted molar refractivity (Wildman–Crippen MR) is 107 cm³/mol. The van der Waals surface area contributed by atoms with E-state index >= 15 is 0 Å². The minimum atomic E-state index is -0.265. The van der Waals surface area contributed by atoms with Crippen molar-refractivity contribution in [2.75, 3.05) is 11.9 Å². The molecule has 0 aliphatic heterocycles. The average molecular weight is 386 g/mol. The number of amides is 1. The number of carbonyl (C=O) groups excluding carboxylic acids is 1. The molecular weight excluding hydrogens is 369 g/mol. The highest BCUT2D eigenvalue weighted by molar-refractivity contribution is 6.32. The number of benzene rings is 3. The van der Waals surface area contributed by atoms with Crippen molar-refractivity contribution < 1.29 is 9.53 Å². The van der Waals surface area contributed by atoms with E-state index in [1.807, 2.05) is 49.4 Å². The molecule has 0 bridgehead atoms. The fourth-order valence-corrected chi connectivity index (χ4v) is 2.99. The van der Waals surface area contributed by atoms with Crippen LogP contribution in [0.25, 0.3) is 11.1 Å². The van der Waals surface area contributed by atoms with E-state index in [1.54, 1.807) is 24.3 Å². The van der Waals surface area contributed by atoms with E-state index in [0.717, 1.165) is 16.7 Å². The highest BCUT2D eigenvalue weighted by Gasteiger charge is 2.09. The van der Waals surface area contributed by atoms with Crippen LogP contribution in [0, 0.1) is 6.92 Å². The Labute approximate surface area is 162 Å². The minimum absolute atomic E-state index is 0.132. The van der Waals surface area contributed by atoms with E-state index < -0.39 is 0 Å². The van der Waals surface area contributed by atoms with E-state index in [-0.39, 0.29) is 12.5 Å². The van der Waals surface area contributed by atoms with Gasteiger partial charge in [-0.3, -0.25) is 4.79 Å². The van der Waals surface area contributed by atoms with Crippen molar-refractivity contribution in [1.82, 2.24) is 0 Å². The second-order valence-electron chi connectivity index (χ2n) is 5.81. The molecule has 0 aliphatic rings. The first kappa shape index (κ1) is 18.3. The lowest BCUT2D eigenvalue weighted by Crippen LogP contribution is -2.20. The van der Waals surface area contributed by atoms with E-state index in [0.29, 0.717) is 21.5 Å². The van der Waals surface area contributed by atoms with Crippen molar-refractivity contribution in [1.29, 1.82) is 0 Å². The van der Waals surface area contributed by atoms with Gasteiger partial charge in [-0.2, -0.15) is 0 Å². The highest BCUT2D eigenvalue weighted by Crippen LogP contribution is 2.30. The molecule has 1 N–H and O–H groups in total. The first-order chi connectivity index (χ1) is 12.5. The van der Waals surface area contributed by atoms with Gasteiger partial charge in [-0.1, -0.05) is 59.6 Å². The Morgan fingerprint density at radius 2 is 1.73 bits per heavy atom. The Kier molecular flexibility index (Phi) is 5.82. The van der Waals surface area contributed by atoms with Crippen LogP contribution in [0.2, 0.25) is 10.0 Å². The Bertz CT molecular complexity index is 927. The smallest absolute Gasteiger partial charge is 0.262 e. The van der Waals surface area contributed by atoms with Gasteiger partial charge in [-0.15, -0.1) is 0 Å². The first-order valence-corrected chi connectivity index (χ1v) is 8.82. The summed E-state index contributed by atoms with van der Waals surface area (Å²) in [4.78, 5) is 12.1. The molecule has 3 nitrogen and oxygen atoms in total. The van der Waals surface area contributed by atoms with Gasteiger partial charge in [0.05, 0.1) is 5.02 Å². The van der Waals surface area contributed by atoms with Crippen LogP contribution in [0.3, 0.4) is 0 Å². The lowest BCUT2D eigenvalue weighted by molar-refractivity contribution is -0.118. The molecular formula is C21H17Cl2NO2. The molecule has 0 radical (unpaired) electrons. The standard InChI is InChI=1S/C21H17Cl2NO2/c1-14-11-17(22)8-9-19(14)24-21(25)13-26-20-10-7-16(12-18(20)23)15-5-3-2-4-6-15/h2-12H,13H2,1H3,(H,24,25). The van der Waals surface area contributed by atoms with Crippen LogP contribution >= 0.6 is 23.2 Å². The topological polar surface area (TPSA) is 38.3 Å². The van der Waals surface area contributed by atoms with Crippen LogP contribution in [0.5, 0.6) is 5.75 Å². The fraction of sp³-hybridized carbons (Fsp3) is 0.0952. The highest BCUT2D eigenvalue weighted by atomic mass is 35.5. The van der Waals surface area contributed by atoms with Crippen LogP contribution in [0.1, 0.15) is 5.56 Å². The van der Waals surface area contributed by atoms with Gasteiger partial charge in [0, 0.05) is 10.7 Å². The Balaban J connectivity index is 1.63. The second-order valence-corrected chi connectivity index (χ2v) is 6.65. The normalized spacial score (nSPS) is 10.4. The number of anilines is 1. The molecule has 0 atom stereocenters. The van der Waals surface area contributed by atoms with Crippen LogP contribution in [0.15, 0.2) is 66.7 Å². The Hall–Kier alpha value is -2.49. The molecule has 0 saturated carbocycles. The van der Waals surface area contributed by atoms with Gasteiger partial charge in [0.1, 0.15) is 5.75 Å². The third kappa shape index (κ3) is 4.57. The summed E-state index contributed by atoms with van der Waals surface area (Å²) >= 11 is 12.2. The molecule has 26 heavy (non-hydrogen) atoms. The van der Waals surface area contributed by atoms with E-state index in [4.69, 9.17) is 27.9 Å². The largest absolute Gasteiger partial charge is 0.482 e.